The Hall–Kier alpha value is -3.19. The highest BCUT2D eigenvalue weighted by atomic mass is 14.7. The molecule has 0 N–H and O–H groups in total. The van der Waals surface area contributed by atoms with Crippen molar-refractivity contribution in [2.24, 2.45) is 0 Å². The van der Waals surface area contributed by atoms with Crippen molar-refractivity contribution >= 4 is 0 Å². The summed E-state index contributed by atoms with van der Waals surface area (Å²) in [6.07, 6.45) is 0. The van der Waals surface area contributed by atoms with Gasteiger partial charge in [0.05, 0.1) is 0 Å². The van der Waals surface area contributed by atoms with Crippen LogP contribution in [0, 0.1) is 0 Å². The second kappa shape index (κ2) is 18.6. The zero-order valence-electron chi connectivity index (χ0n) is 41.1. The van der Waals surface area contributed by atoms with Crippen LogP contribution in [0.3, 0.4) is 0 Å². The standard InChI is InChI=1S/3C14H22.C13H21N/c1-13(2,3)11-7-9-12(10-8-11)14(4,5)6;1-13(2,3)11-8-7-9-12(10-11)14(4,5)6;1-13(2,3)11-9-7-8-10-12(11)14(4,5)6;1-12(2,3)10-8-7-9-11(14-10)13(4,5)6/h3*7-10H,1-6H3;7-9H,1-6H3. The number of pyridine rings is 1. The van der Waals surface area contributed by atoms with E-state index in [1.807, 2.05) is 0 Å². The smallest absolute Gasteiger partial charge is 0.0460 e. The van der Waals surface area contributed by atoms with Crippen LogP contribution in [-0.4, -0.2) is 4.98 Å². The van der Waals surface area contributed by atoms with Gasteiger partial charge in [0, 0.05) is 22.2 Å². The van der Waals surface area contributed by atoms with E-state index in [0.29, 0.717) is 0 Å². The third kappa shape index (κ3) is 17.1. The van der Waals surface area contributed by atoms with Crippen LogP contribution < -0.4 is 0 Å². The molecule has 0 fully saturated rings. The van der Waals surface area contributed by atoms with Crippen molar-refractivity contribution in [3.8, 4) is 0 Å². The first-order valence-corrected chi connectivity index (χ1v) is 21.2. The van der Waals surface area contributed by atoms with Gasteiger partial charge in [-0.25, -0.2) is 0 Å². The zero-order valence-corrected chi connectivity index (χ0v) is 41.1. The number of hydrogen-bond donors (Lipinski definition) is 0. The van der Waals surface area contributed by atoms with E-state index >= 15 is 0 Å². The van der Waals surface area contributed by atoms with Gasteiger partial charge in [-0.1, -0.05) is 245 Å². The molecule has 0 aliphatic heterocycles. The number of rotatable bonds is 0. The average molecular weight is 762 g/mol. The van der Waals surface area contributed by atoms with Gasteiger partial charge in [-0.15, -0.1) is 0 Å². The molecule has 4 rings (SSSR count). The number of aromatic nitrogens is 1. The second-order valence-electron chi connectivity index (χ2n) is 24.1. The van der Waals surface area contributed by atoms with Crippen molar-refractivity contribution in [2.75, 3.05) is 0 Å². The van der Waals surface area contributed by atoms with E-state index in [1.165, 1.54) is 44.8 Å². The van der Waals surface area contributed by atoms with Crippen LogP contribution >= 0.6 is 0 Å². The fourth-order valence-electron chi connectivity index (χ4n) is 5.98. The molecule has 0 bridgehead atoms. The molecule has 0 saturated carbocycles. The molecule has 56 heavy (non-hydrogen) atoms. The Kier molecular flexibility index (Phi) is 16.9. The Bertz CT molecular complexity index is 1570. The molecular formula is C55H87N. The molecule has 0 radical (unpaired) electrons. The van der Waals surface area contributed by atoms with Crippen LogP contribution in [0.25, 0.3) is 0 Å². The summed E-state index contributed by atoms with van der Waals surface area (Å²) in [7, 11) is 0. The second-order valence-corrected chi connectivity index (χ2v) is 24.1. The molecule has 1 nitrogen and oxygen atoms in total. The van der Waals surface area contributed by atoms with Crippen LogP contribution in [0.4, 0.5) is 0 Å². The predicted octanol–water partition coefficient (Wildman–Crippen LogP) is 16.5. The van der Waals surface area contributed by atoms with Gasteiger partial charge in [0.1, 0.15) is 0 Å². The SMILES string of the molecule is CC(C)(C)c1ccc(C(C)(C)C)cc1.CC(C)(C)c1cccc(C(C)(C)C)c1.CC(C)(C)c1cccc(C(C)(C)C)n1.CC(C)(C)c1ccccc1C(C)(C)C. The Labute approximate surface area is 349 Å². The molecule has 0 spiro atoms. The Balaban J connectivity index is 0.000000373. The van der Waals surface area contributed by atoms with Crippen LogP contribution in [0.1, 0.15) is 211 Å². The molecule has 1 heterocycles. The van der Waals surface area contributed by atoms with Crippen molar-refractivity contribution in [3.63, 3.8) is 0 Å². The largest absolute Gasteiger partial charge is 0.257 e. The fourth-order valence-corrected chi connectivity index (χ4v) is 5.98. The summed E-state index contributed by atoms with van der Waals surface area (Å²) in [5.74, 6) is 0. The van der Waals surface area contributed by atoms with Crippen molar-refractivity contribution in [2.45, 2.75) is 209 Å². The maximum Gasteiger partial charge on any atom is 0.0460 e. The summed E-state index contributed by atoms with van der Waals surface area (Å²) < 4.78 is 0. The van der Waals surface area contributed by atoms with Crippen LogP contribution in [0.2, 0.25) is 0 Å². The molecule has 3 aromatic carbocycles. The highest BCUT2D eigenvalue weighted by Gasteiger charge is 2.24. The Morgan fingerprint density at radius 2 is 0.518 bits per heavy atom. The molecule has 0 aliphatic rings. The Morgan fingerprint density at radius 3 is 0.750 bits per heavy atom. The van der Waals surface area contributed by atoms with Crippen LogP contribution in [0.15, 0.2) is 91.0 Å². The molecule has 0 atom stereocenters. The van der Waals surface area contributed by atoms with Gasteiger partial charge in [0.15, 0.2) is 0 Å². The van der Waals surface area contributed by atoms with Crippen molar-refractivity contribution in [1.82, 2.24) is 4.98 Å². The summed E-state index contributed by atoms with van der Waals surface area (Å²) in [6.45, 7) is 53.9. The third-order valence-corrected chi connectivity index (χ3v) is 10.0. The Morgan fingerprint density at radius 1 is 0.250 bits per heavy atom. The highest BCUT2D eigenvalue weighted by molar-refractivity contribution is 5.37. The molecule has 0 unspecified atom stereocenters. The number of benzene rings is 3. The molecule has 312 valence electrons. The quantitative estimate of drug-likeness (QED) is 0.174. The van der Waals surface area contributed by atoms with Gasteiger partial charge in [-0.05, 0) is 78.0 Å². The lowest BCUT2D eigenvalue weighted by atomic mass is 9.75. The molecule has 1 heteroatoms. The lowest BCUT2D eigenvalue weighted by Crippen LogP contribution is -2.21. The van der Waals surface area contributed by atoms with Crippen LogP contribution in [0.5, 0.6) is 0 Å². The van der Waals surface area contributed by atoms with E-state index < -0.39 is 0 Å². The van der Waals surface area contributed by atoms with E-state index in [9.17, 15) is 0 Å². The lowest BCUT2D eigenvalue weighted by molar-refractivity contribution is 0.530. The van der Waals surface area contributed by atoms with Crippen LogP contribution in [-0.2, 0) is 43.3 Å². The summed E-state index contributed by atoms with van der Waals surface area (Å²) in [4.78, 5) is 4.72. The minimum atomic E-state index is 0.140. The first kappa shape index (κ1) is 50.8. The van der Waals surface area contributed by atoms with Gasteiger partial charge in [0.25, 0.3) is 0 Å². The van der Waals surface area contributed by atoms with Gasteiger partial charge in [0.2, 0.25) is 0 Å². The molecule has 0 saturated heterocycles. The van der Waals surface area contributed by atoms with E-state index in [2.05, 4.69) is 257 Å². The molecule has 0 aliphatic carbocycles. The monoisotopic (exact) mass is 762 g/mol. The first-order valence-electron chi connectivity index (χ1n) is 21.2. The predicted molar refractivity (Wildman–Crippen MR) is 253 cm³/mol. The maximum absolute atomic E-state index is 4.72. The average Bonchev–Trinajstić information content (AvgIpc) is 3.03. The van der Waals surface area contributed by atoms with Gasteiger partial charge < -0.3 is 0 Å². The molecule has 0 amide bonds. The summed E-state index contributed by atoms with van der Waals surface area (Å²) >= 11 is 0. The highest BCUT2D eigenvalue weighted by Crippen LogP contribution is 2.34. The van der Waals surface area contributed by atoms with Crippen molar-refractivity contribution in [1.29, 1.82) is 0 Å². The molecule has 4 aromatic rings. The van der Waals surface area contributed by atoms with E-state index in [1.54, 1.807) is 0 Å². The third-order valence-electron chi connectivity index (χ3n) is 10.0. The molecule has 1 aromatic heterocycles. The van der Waals surface area contributed by atoms with Crippen molar-refractivity contribution < 1.29 is 0 Å². The van der Waals surface area contributed by atoms with Gasteiger partial charge in [-0.2, -0.15) is 0 Å². The van der Waals surface area contributed by atoms with E-state index in [0.717, 1.165) is 0 Å². The van der Waals surface area contributed by atoms with Gasteiger partial charge in [-0.3, -0.25) is 4.98 Å². The summed E-state index contributed by atoms with van der Waals surface area (Å²) in [5, 5.41) is 0. The normalized spacial score (nSPS) is 13.0. The summed E-state index contributed by atoms with van der Waals surface area (Å²) in [5.41, 5.74) is 12.7. The lowest BCUT2D eigenvalue weighted by Gasteiger charge is -2.29. The zero-order chi connectivity index (χ0) is 43.9. The fraction of sp³-hybridized carbons (Fsp3) is 0.582. The topological polar surface area (TPSA) is 12.9 Å². The first-order chi connectivity index (χ1) is 24.9. The van der Waals surface area contributed by atoms with E-state index in [4.69, 9.17) is 4.98 Å². The maximum atomic E-state index is 4.72. The minimum absolute atomic E-state index is 0.140. The number of nitrogens with zero attached hydrogens (tertiary/aromatic N) is 1. The van der Waals surface area contributed by atoms with Gasteiger partial charge >= 0.3 is 0 Å². The van der Waals surface area contributed by atoms with Crippen molar-refractivity contribution in [3.05, 3.63) is 136 Å². The number of hydrogen-bond acceptors (Lipinski definition) is 1. The van der Waals surface area contributed by atoms with E-state index in [-0.39, 0.29) is 43.3 Å². The molecular weight excluding hydrogens is 675 g/mol. The minimum Gasteiger partial charge on any atom is -0.257 e. The summed E-state index contributed by atoms with van der Waals surface area (Å²) in [6, 6.07) is 33.0.